The molecule has 0 bridgehead atoms. The second-order valence-electron chi connectivity index (χ2n) is 7.26. The van der Waals surface area contributed by atoms with Gasteiger partial charge in [0, 0.05) is 16.7 Å². The van der Waals surface area contributed by atoms with Crippen molar-refractivity contribution < 1.29 is 29.3 Å². The summed E-state index contributed by atoms with van der Waals surface area (Å²) in [7, 11) is 0. The van der Waals surface area contributed by atoms with Gasteiger partial charge in [-0.25, -0.2) is 9.59 Å². The Morgan fingerprint density at radius 1 is 1.00 bits per heavy atom. The molecular formula is C19H24O6. The highest BCUT2D eigenvalue weighted by atomic mass is 16.5. The summed E-state index contributed by atoms with van der Waals surface area (Å²) in [5.41, 5.74) is 0.530. The minimum absolute atomic E-state index is 0.108. The molecule has 2 N–H and O–H groups in total. The molecule has 1 aromatic carbocycles. The van der Waals surface area contributed by atoms with Gasteiger partial charge in [-0.2, -0.15) is 0 Å². The second-order valence-corrected chi connectivity index (χ2v) is 7.26. The van der Waals surface area contributed by atoms with Crippen LogP contribution in [0.4, 0.5) is 0 Å². The molecule has 0 aliphatic carbocycles. The minimum Gasteiger partial charge on any atom is -0.478 e. The van der Waals surface area contributed by atoms with Crippen LogP contribution in [-0.4, -0.2) is 48.6 Å². The van der Waals surface area contributed by atoms with Crippen LogP contribution in [0.5, 0.6) is 0 Å². The van der Waals surface area contributed by atoms with E-state index in [-0.39, 0.29) is 27.9 Å². The van der Waals surface area contributed by atoms with Crippen molar-refractivity contribution in [2.24, 2.45) is 10.8 Å². The van der Waals surface area contributed by atoms with Crippen molar-refractivity contribution >= 4 is 11.9 Å². The van der Waals surface area contributed by atoms with Gasteiger partial charge in [0.2, 0.25) is 0 Å². The topological polar surface area (TPSA) is 93.1 Å². The number of hydrogen-bond donors (Lipinski definition) is 2. The van der Waals surface area contributed by atoms with Gasteiger partial charge in [0.05, 0.1) is 37.6 Å². The van der Waals surface area contributed by atoms with Crippen LogP contribution in [0.25, 0.3) is 0 Å². The van der Waals surface area contributed by atoms with Crippen molar-refractivity contribution in [2.45, 2.75) is 32.6 Å². The molecular weight excluding hydrogens is 324 g/mol. The highest BCUT2D eigenvalue weighted by molar-refractivity contribution is 5.93. The number of rotatable bonds is 7. The standard InChI is InChI=1S/C19H24O6/c1-3-18(8-24-9-18)15(19(4-2)10-25-11-19)14-7-12(16(20)21)5-6-13(14)17(22)23/h5-7,15H,3-4,8-11H2,1-2H3,(H,20,21)(H,22,23). The molecule has 2 aliphatic heterocycles. The lowest BCUT2D eigenvalue weighted by atomic mass is 9.54. The first-order valence-electron chi connectivity index (χ1n) is 8.65. The van der Waals surface area contributed by atoms with E-state index in [0.717, 1.165) is 12.8 Å². The third-order valence-corrected chi connectivity index (χ3v) is 6.03. The van der Waals surface area contributed by atoms with Gasteiger partial charge < -0.3 is 19.7 Å². The quantitative estimate of drug-likeness (QED) is 0.787. The number of hydrogen-bond acceptors (Lipinski definition) is 4. The zero-order valence-corrected chi connectivity index (χ0v) is 14.6. The van der Waals surface area contributed by atoms with Crippen LogP contribution >= 0.6 is 0 Å². The molecule has 6 nitrogen and oxygen atoms in total. The maximum absolute atomic E-state index is 11.8. The maximum atomic E-state index is 11.8. The second kappa shape index (κ2) is 6.42. The molecule has 0 amide bonds. The molecule has 0 atom stereocenters. The van der Waals surface area contributed by atoms with Crippen molar-refractivity contribution in [3.05, 3.63) is 34.9 Å². The van der Waals surface area contributed by atoms with E-state index in [4.69, 9.17) is 9.47 Å². The van der Waals surface area contributed by atoms with E-state index in [2.05, 4.69) is 13.8 Å². The molecule has 0 spiro atoms. The molecule has 25 heavy (non-hydrogen) atoms. The molecule has 2 saturated heterocycles. The molecule has 0 radical (unpaired) electrons. The molecule has 6 heteroatoms. The van der Waals surface area contributed by atoms with Gasteiger partial charge in [0.1, 0.15) is 0 Å². The van der Waals surface area contributed by atoms with Gasteiger partial charge in [0.15, 0.2) is 0 Å². The molecule has 0 unspecified atom stereocenters. The highest BCUT2D eigenvalue weighted by Crippen LogP contribution is 2.58. The fourth-order valence-corrected chi connectivity index (χ4v) is 4.32. The summed E-state index contributed by atoms with van der Waals surface area (Å²) < 4.78 is 11.0. The number of ether oxygens (including phenoxy) is 2. The summed E-state index contributed by atoms with van der Waals surface area (Å²) >= 11 is 0. The summed E-state index contributed by atoms with van der Waals surface area (Å²) in [6.07, 6.45) is 1.69. The van der Waals surface area contributed by atoms with E-state index < -0.39 is 11.9 Å². The molecule has 1 aromatic rings. The Bertz CT molecular complexity index is 654. The lowest BCUT2D eigenvalue weighted by Crippen LogP contribution is -2.58. The highest BCUT2D eigenvalue weighted by Gasteiger charge is 2.57. The smallest absolute Gasteiger partial charge is 0.335 e. The Kier molecular flexibility index (Phi) is 4.60. The average Bonchev–Trinajstić information content (AvgIpc) is 2.51. The first-order chi connectivity index (χ1) is 11.9. The molecule has 0 saturated carbocycles. The fraction of sp³-hybridized carbons (Fsp3) is 0.579. The van der Waals surface area contributed by atoms with Crippen LogP contribution in [0.3, 0.4) is 0 Å². The van der Waals surface area contributed by atoms with Crippen LogP contribution in [0.2, 0.25) is 0 Å². The van der Waals surface area contributed by atoms with Crippen molar-refractivity contribution in [3.63, 3.8) is 0 Å². The number of carboxylic acids is 2. The van der Waals surface area contributed by atoms with E-state index in [9.17, 15) is 19.8 Å². The molecule has 0 aromatic heterocycles. The van der Waals surface area contributed by atoms with Gasteiger partial charge in [-0.1, -0.05) is 13.8 Å². The van der Waals surface area contributed by atoms with Crippen molar-refractivity contribution in [1.29, 1.82) is 0 Å². The molecule has 2 aliphatic rings. The summed E-state index contributed by atoms with van der Waals surface area (Å²) in [5.74, 6) is -2.19. The summed E-state index contributed by atoms with van der Waals surface area (Å²) in [6.45, 7) is 6.41. The summed E-state index contributed by atoms with van der Waals surface area (Å²) in [6, 6.07) is 4.32. The van der Waals surface area contributed by atoms with Crippen molar-refractivity contribution in [3.8, 4) is 0 Å². The third kappa shape index (κ3) is 2.73. The molecule has 2 fully saturated rings. The predicted molar refractivity (Wildman–Crippen MR) is 90.2 cm³/mol. The zero-order valence-electron chi connectivity index (χ0n) is 14.6. The Labute approximate surface area is 146 Å². The SMILES string of the molecule is CCC1(C(c2cc(C(=O)O)ccc2C(=O)O)C2(CC)COC2)COC1. The summed E-state index contributed by atoms with van der Waals surface area (Å²) in [5, 5.41) is 19.1. The van der Waals surface area contributed by atoms with Crippen molar-refractivity contribution in [1.82, 2.24) is 0 Å². The Hall–Kier alpha value is -1.92. The van der Waals surface area contributed by atoms with Crippen LogP contribution in [0.15, 0.2) is 18.2 Å². The number of aromatic carboxylic acids is 2. The Morgan fingerprint density at radius 2 is 1.52 bits per heavy atom. The van der Waals surface area contributed by atoms with E-state index in [1.54, 1.807) is 6.07 Å². The lowest BCUT2D eigenvalue weighted by molar-refractivity contribution is -0.208. The Balaban J connectivity index is 2.20. The number of benzene rings is 1. The minimum atomic E-state index is -1.05. The zero-order chi connectivity index (χ0) is 18.2. The molecule has 2 heterocycles. The third-order valence-electron chi connectivity index (χ3n) is 6.03. The van der Waals surface area contributed by atoms with Crippen LogP contribution in [-0.2, 0) is 9.47 Å². The average molecular weight is 348 g/mol. The first kappa shape index (κ1) is 17.9. The summed E-state index contributed by atoms with van der Waals surface area (Å²) in [4.78, 5) is 23.3. The van der Waals surface area contributed by atoms with E-state index >= 15 is 0 Å². The number of carbonyl (C=O) groups is 2. The number of carboxylic acid groups (broad SMARTS) is 2. The van der Waals surface area contributed by atoms with Gasteiger partial charge >= 0.3 is 11.9 Å². The van der Waals surface area contributed by atoms with Crippen LogP contribution in [0, 0.1) is 10.8 Å². The fourth-order valence-electron chi connectivity index (χ4n) is 4.32. The Morgan fingerprint density at radius 3 is 1.84 bits per heavy atom. The molecule has 3 rings (SSSR count). The van der Waals surface area contributed by atoms with Gasteiger partial charge in [-0.15, -0.1) is 0 Å². The largest absolute Gasteiger partial charge is 0.478 e. The van der Waals surface area contributed by atoms with Crippen molar-refractivity contribution in [2.75, 3.05) is 26.4 Å². The predicted octanol–water partition coefficient (Wildman–Crippen LogP) is 3.02. The molecule has 136 valence electrons. The first-order valence-corrected chi connectivity index (χ1v) is 8.65. The normalized spacial score (nSPS) is 20.6. The monoisotopic (exact) mass is 348 g/mol. The van der Waals surface area contributed by atoms with Gasteiger partial charge in [-0.05, 0) is 36.6 Å². The van der Waals surface area contributed by atoms with Crippen LogP contribution in [0.1, 0.15) is 58.9 Å². The van der Waals surface area contributed by atoms with E-state index in [1.165, 1.54) is 12.1 Å². The van der Waals surface area contributed by atoms with E-state index in [0.29, 0.717) is 32.0 Å². The van der Waals surface area contributed by atoms with Crippen LogP contribution < -0.4 is 0 Å². The van der Waals surface area contributed by atoms with Gasteiger partial charge in [0.25, 0.3) is 0 Å². The lowest BCUT2D eigenvalue weighted by Gasteiger charge is -2.58. The van der Waals surface area contributed by atoms with E-state index in [1.807, 2.05) is 0 Å². The van der Waals surface area contributed by atoms with Gasteiger partial charge in [-0.3, -0.25) is 0 Å². The maximum Gasteiger partial charge on any atom is 0.335 e.